The van der Waals surface area contributed by atoms with Gasteiger partial charge < -0.3 is 40.1 Å². The summed E-state index contributed by atoms with van der Waals surface area (Å²) in [6.07, 6.45) is 0.833. The summed E-state index contributed by atoms with van der Waals surface area (Å²) >= 11 is 0. The van der Waals surface area contributed by atoms with Crippen LogP contribution in [0.1, 0.15) is 82.1 Å². The highest BCUT2D eigenvalue weighted by Gasteiger charge is 2.29. The first-order valence-electron chi connectivity index (χ1n) is 22.8. The molecule has 2 saturated heterocycles. The van der Waals surface area contributed by atoms with Gasteiger partial charge in [-0.25, -0.2) is 29.5 Å². The standard InChI is InChI=1S/2C21H22N4O3.4C2H6/c2*1-2-28-21(27)22-14-11-12-25(13-14)20-15-7-3-5-9-17(15)23-19(24-20)16-8-4-6-10-18(16)26;4*1-2/h2*3-10,14,26H,2,11-13H2,1H3,(H,22,27);4*1-2H3/t2*14-;;;;/m10..../s1. The van der Waals surface area contributed by atoms with Crippen LogP contribution < -0.4 is 20.4 Å². The number of phenols is 2. The van der Waals surface area contributed by atoms with Gasteiger partial charge in [0.1, 0.15) is 23.1 Å². The lowest BCUT2D eigenvalue weighted by Gasteiger charge is -2.20. The predicted octanol–water partition coefficient (Wildman–Crippen LogP) is 10.8. The number of benzene rings is 4. The second-order valence-electron chi connectivity index (χ2n) is 13.4. The van der Waals surface area contributed by atoms with Gasteiger partial charge >= 0.3 is 12.2 Å². The molecule has 2 fully saturated rings. The molecule has 14 nitrogen and oxygen atoms in total. The van der Waals surface area contributed by atoms with Crippen LogP contribution in [0.15, 0.2) is 97.1 Å². The molecule has 0 spiro atoms. The SMILES string of the molecule is CC.CC.CC.CC.CCOC(=O)N[C@@H]1CCN(c2nc(-c3ccccc3O)nc3ccccc23)C1.CCOC(=O)N[C@H]1CCN(c2nc(-c3ccccc3O)nc3ccccc23)C1. The predicted molar refractivity (Wildman–Crippen MR) is 260 cm³/mol. The molecule has 0 unspecified atom stereocenters. The van der Waals surface area contributed by atoms with Crippen LogP contribution in [0.25, 0.3) is 44.6 Å². The van der Waals surface area contributed by atoms with Crippen LogP contribution in [-0.4, -0.2) is 93.8 Å². The van der Waals surface area contributed by atoms with Crippen molar-refractivity contribution in [1.82, 2.24) is 30.6 Å². The third-order valence-electron chi connectivity index (χ3n) is 9.63. The number of carbonyl (C=O) groups is 2. The number of amides is 2. The average Bonchev–Trinajstić information content (AvgIpc) is 4.01. The summed E-state index contributed by atoms with van der Waals surface area (Å²) in [5.74, 6) is 2.86. The number of rotatable bonds is 8. The van der Waals surface area contributed by atoms with E-state index in [-0.39, 0.29) is 23.6 Å². The van der Waals surface area contributed by atoms with E-state index in [1.165, 1.54) is 0 Å². The molecule has 2 amide bonds. The van der Waals surface area contributed by atoms with Crippen molar-refractivity contribution < 1.29 is 29.3 Å². The molecule has 2 atom stereocenters. The Bertz CT molecular complexity index is 2180. The molecule has 8 rings (SSSR count). The first-order chi connectivity index (χ1) is 31.3. The highest BCUT2D eigenvalue weighted by Crippen LogP contribution is 2.34. The van der Waals surface area contributed by atoms with Crippen molar-refractivity contribution in [3.8, 4) is 34.3 Å². The van der Waals surface area contributed by atoms with Gasteiger partial charge in [0.15, 0.2) is 11.6 Å². The Hall–Kier alpha value is -6.70. The topological polar surface area (TPSA) is 175 Å². The summed E-state index contributed by atoms with van der Waals surface area (Å²) in [7, 11) is 0. The normalized spacial score (nSPS) is 14.7. The fourth-order valence-corrected chi connectivity index (χ4v) is 6.99. The van der Waals surface area contributed by atoms with Crippen LogP contribution in [0.4, 0.5) is 21.2 Å². The first-order valence-corrected chi connectivity index (χ1v) is 22.8. The highest BCUT2D eigenvalue weighted by molar-refractivity contribution is 5.92. The van der Waals surface area contributed by atoms with Crippen molar-refractivity contribution in [1.29, 1.82) is 0 Å². The number of alkyl carbamates (subject to hydrolysis) is 2. The Morgan fingerprint density at radius 1 is 0.547 bits per heavy atom. The van der Waals surface area contributed by atoms with E-state index in [4.69, 9.17) is 19.4 Å². The van der Waals surface area contributed by atoms with E-state index in [1.54, 1.807) is 50.2 Å². The Morgan fingerprint density at radius 3 is 1.25 bits per heavy atom. The number of phenolic OH excluding ortho intramolecular Hbond substituents is 2. The van der Waals surface area contributed by atoms with E-state index in [1.807, 2.05) is 116 Å². The average molecular weight is 877 g/mol. The Morgan fingerprint density at radius 2 is 0.891 bits per heavy atom. The summed E-state index contributed by atoms with van der Waals surface area (Å²) in [4.78, 5) is 46.6. The second-order valence-corrected chi connectivity index (χ2v) is 13.4. The molecular formula is C50H68N8O6. The number of nitrogens with zero attached hydrogens (tertiary/aromatic N) is 6. The number of carbonyl (C=O) groups excluding carboxylic acids is 2. The van der Waals surface area contributed by atoms with Crippen LogP contribution in [0.2, 0.25) is 0 Å². The molecule has 4 heterocycles. The summed E-state index contributed by atoms with van der Waals surface area (Å²) in [6.45, 7) is 23.1. The van der Waals surface area contributed by atoms with Crippen LogP contribution >= 0.6 is 0 Å². The number of para-hydroxylation sites is 4. The van der Waals surface area contributed by atoms with Crippen molar-refractivity contribution in [3.05, 3.63) is 97.1 Å². The molecule has 4 aromatic carbocycles. The number of aromatic hydroxyl groups is 2. The largest absolute Gasteiger partial charge is 0.507 e. The molecule has 4 N–H and O–H groups in total. The van der Waals surface area contributed by atoms with E-state index in [0.717, 1.165) is 59.4 Å². The number of hydrogen-bond donors (Lipinski definition) is 4. The van der Waals surface area contributed by atoms with Gasteiger partial charge in [-0.3, -0.25) is 0 Å². The lowest BCUT2D eigenvalue weighted by Crippen LogP contribution is -2.37. The molecule has 2 aliphatic heterocycles. The lowest BCUT2D eigenvalue weighted by atomic mass is 10.1. The molecule has 0 radical (unpaired) electrons. The number of aromatic nitrogens is 4. The molecule has 14 heteroatoms. The van der Waals surface area contributed by atoms with Gasteiger partial charge in [-0.1, -0.05) is 104 Å². The van der Waals surface area contributed by atoms with Crippen LogP contribution in [0, 0.1) is 0 Å². The molecule has 0 saturated carbocycles. The maximum Gasteiger partial charge on any atom is 0.407 e. The molecule has 0 aliphatic carbocycles. The Balaban J connectivity index is 0.000000295. The minimum atomic E-state index is -0.392. The van der Waals surface area contributed by atoms with E-state index < -0.39 is 12.2 Å². The molecule has 64 heavy (non-hydrogen) atoms. The van der Waals surface area contributed by atoms with E-state index >= 15 is 0 Å². The lowest BCUT2D eigenvalue weighted by molar-refractivity contribution is 0.148. The summed E-state index contributed by atoms with van der Waals surface area (Å²) in [5, 5.41) is 28.1. The monoisotopic (exact) mass is 877 g/mol. The van der Waals surface area contributed by atoms with Crippen molar-refractivity contribution in [2.75, 3.05) is 49.2 Å². The van der Waals surface area contributed by atoms with Gasteiger partial charge in [0.2, 0.25) is 0 Å². The smallest absolute Gasteiger partial charge is 0.407 e. The van der Waals surface area contributed by atoms with Crippen molar-refractivity contribution >= 4 is 45.6 Å². The minimum absolute atomic E-state index is 0.00126. The van der Waals surface area contributed by atoms with Crippen LogP contribution in [0.3, 0.4) is 0 Å². The van der Waals surface area contributed by atoms with Crippen molar-refractivity contribution in [2.24, 2.45) is 0 Å². The summed E-state index contributed by atoms with van der Waals surface area (Å²) in [6, 6.07) is 29.7. The number of nitrogens with one attached hydrogen (secondary N) is 2. The highest BCUT2D eigenvalue weighted by atomic mass is 16.6. The van der Waals surface area contributed by atoms with E-state index in [0.29, 0.717) is 49.1 Å². The fourth-order valence-electron chi connectivity index (χ4n) is 6.99. The van der Waals surface area contributed by atoms with Gasteiger partial charge in [-0.2, -0.15) is 0 Å². The summed E-state index contributed by atoms with van der Waals surface area (Å²) < 4.78 is 9.97. The van der Waals surface area contributed by atoms with E-state index in [2.05, 4.69) is 30.4 Å². The number of hydrogen-bond acceptors (Lipinski definition) is 12. The second kappa shape index (κ2) is 27.4. The Kier molecular flexibility index (Phi) is 22.1. The Labute approximate surface area is 379 Å². The zero-order chi connectivity index (χ0) is 47.0. The first kappa shape index (κ1) is 51.6. The van der Waals surface area contributed by atoms with Gasteiger partial charge in [-0.05, 0) is 75.2 Å². The molecule has 344 valence electrons. The van der Waals surface area contributed by atoms with Gasteiger partial charge in [0.05, 0.1) is 47.5 Å². The summed E-state index contributed by atoms with van der Waals surface area (Å²) in [5.41, 5.74) is 2.81. The molecule has 2 aliphatic rings. The molecule has 6 aromatic rings. The maximum atomic E-state index is 11.7. The number of ether oxygens (including phenoxy) is 2. The van der Waals surface area contributed by atoms with Gasteiger partial charge in [-0.15, -0.1) is 0 Å². The third-order valence-corrected chi connectivity index (χ3v) is 9.63. The minimum Gasteiger partial charge on any atom is -0.507 e. The third kappa shape index (κ3) is 13.6. The number of fused-ring (bicyclic) bond motifs is 2. The zero-order valence-corrected chi connectivity index (χ0v) is 39.3. The molecule has 2 aromatic heterocycles. The molecule has 0 bridgehead atoms. The fraction of sp³-hybridized carbons (Fsp3) is 0.400. The van der Waals surface area contributed by atoms with Crippen molar-refractivity contribution in [3.63, 3.8) is 0 Å². The quantitative estimate of drug-likeness (QED) is 0.114. The van der Waals surface area contributed by atoms with Crippen LogP contribution in [-0.2, 0) is 9.47 Å². The molecular weight excluding hydrogens is 809 g/mol. The van der Waals surface area contributed by atoms with Gasteiger partial charge in [0, 0.05) is 37.0 Å². The van der Waals surface area contributed by atoms with Gasteiger partial charge in [0.25, 0.3) is 0 Å². The van der Waals surface area contributed by atoms with Crippen molar-refractivity contribution in [2.45, 2.75) is 94.2 Å². The zero-order valence-electron chi connectivity index (χ0n) is 39.3. The van der Waals surface area contributed by atoms with E-state index in [9.17, 15) is 19.8 Å². The maximum absolute atomic E-state index is 11.7. The number of anilines is 2. The van der Waals surface area contributed by atoms with Crippen LogP contribution in [0.5, 0.6) is 11.5 Å².